The summed E-state index contributed by atoms with van der Waals surface area (Å²) in [6, 6.07) is 15.9. The highest BCUT2D eigenvalue weighted by Crippen LogP contribution is 2.19. The molecule has 0 radical (unpaired) electrons. The van der Waals surface area contributed by atoms with Crippen molar-refractivity contribution in [3.8, 4) is 0 Å². The van der Waals surface area contributed by atoms with Crippen LogP contribution in [0.5, 0.6) is 0 Å². The van der Waals surface area contributed by atoms with Crippen molar-refractivity contribution in [2.24, 2.45) is 0 Å². The second kappa shape index (κ2) is 4.82. The molecule has 4 heteroatoms. The van der Waals surface area contributed by atoms with Crippen LogP contribution in [0.4, 0.5) is 0 Å². The lowest BCUT2D eigenvalue weighted by atomic mass is 10.0. The number of rotatable bonds is 2. The molecule has 1 N–H and O–H groups in total. The maximum Gasteiger partial charge on any atom is 0.251 e. The number of hydrogen-bond donors (Lipinski definition) is 1. The fraction of sp³-hybridized carbons (Fsp3) is 0.0667. The molecule has 0 aliphatic rings. The first kappa shape index (κ1) is 11.9. The fourth-order valence-corrected chi connectivity index (χ4v) is 2.41. The van der Waals surface area contributed by atoms with Gasteiger partial charge in [-0.1, -0.05) is 42.5 Å². The van der Waals surface area contributed by atoms with E-state index < -0.39 is 0 Å². The molecule has 1 heterocycles. The van der Waals surface area contributed by atoms with Gasteiger partial charge in [0, 0.05) is 12.3 Å². The Balaban J connectivity index is 2.11. The monoisotopic (exact) mass is 268 g/mol. The molecule has 0 aliphatic heterocycles. The highest BCUT2D eigenvalue weighted by atomic mass is 32.1. The number of aromatic amines is 1. The van der Waals surface area contributed by atoms with E-state index in [0.29, 0.717) is 11.3 Å². The van der Waals surface area contributed by atoms with E-state index in [1.807, 2.05) is 22.8 Å². The Labute approximate surface area is 115 Å². The second-order valence-corrected chi connectivity index (χ2v) is 4.76. The van der Waals surface area contributed by atoms with Gasteiger partial charge in [0.05, 0.1) is 6.54 Å². The topological polar surface area (TPSA) is 37.8 Å². The van der Waals surface area contributed by atoms with Crippen molar-refractivity contribution in [1.82, 2.24) is 9.55 Å². The first-order valence-electron chi connectivity index (χ1n) is 6.00. The van der Waals surface area contributed by atoms with Crippen LogP contribution >= 0.6 is 12.2 Å². The third-order valence-corrected chi connectivity index (χ3v) is 3.45. The average Bonchev–Trinajstić information content (AvgIpc) is 2.42. The molecule has 0 fully saturated rings. The Morgan fingerprint density at radius 1 is 1.05 bits per heavy atom. The summed E-state index contributed by atoms with van der Waals surface area (Å²) < 4.78 is 2.30. The van der Waals surface area contributed by atoms with E-state index in [4.69, 9.17) is 12.2 Å². The Bertz CT molecular complexity index is 843. The minimum atomic E-state index is -0.167. The van der Waals surface area contributed by atoms with Gasteiger partial charge in [0.15, 0.2) is 4.77 Å². The summed E-state index contributed by atoms with van der Waals surface area (Å²) in [7, 11) is 0. The van der Waals surface area contributed by atoms with Crippen molar-refractivity contribution in [1.29, 1.82) is 0 Å². The molecule has 3 rings (SSSR count). The van der Waals surface area contributed by atoms with Crippen LogP contribution in [0.1, 0.15) is 5.56 Å². The van der Waals surface area contributed by atoms with Gasteiger partial charge >= 0.3 is 0 Å². The normalized spacial score (nSPS) is 10.7. The molecule has 0 saturated carbocycles. The first-order valence-corrected chi connectivity index (χ1v) is 6.41. The number of nitrogens with zero attached hydrogens (tertiary/aromatic N) is 1. The predicted octanol–water partition coefficient (Wildman–Crippen LogP) is 3.11. The van der Waals surface area contributed by atoms with E-state index >= 15 is 0 Å². The summed E-state index contributed by atoms with van der Waals surface area (Å²) in [5.74, 6) is 0. The lowest BCUT2D eigenvalue weighted by Gasteiger charge is -2.09. The van der Waals surface area contributed by atoms with E-state index in [9.17, 15) is 4.79 Å². The van der Waals surface area contributed by atoms with E-state index in [-0.39, 0.29) is 5.56 Å². The molecule has 0 unspecified atom stereocenters. The summed E-state index contributed by atoms with van der Waals surface area (Å²) >= 11 is 5.17. The Kier molecular flexibility index (Phi) is 3.01. The lowest BCUT2D eigenvalue weighted by Crippen LogP contribution is -2.11. The zero-order chi connectivity index (χ0) is 13.2. The number of hydrogen-bond acceptors (Lipinski definition) is 2. The minimum absolute atomic E-state index is 0.167. The van der Waals surface area contributed by atoms with Crippen LogP contribution in [0.15, 0.2) is 59.5 Å². The number of H-pyrrole nitrogens is 1. The van der Waals surface area contributed by atoms with Gasteiger partial charge in [-0.25, -0.2) is 0 Å². The van der Waals surface area contributed by atoms with Crippen molar-refractivity contribution >= 4 is 23.0 Å². The third-order valence-electron chi connectivity index (χ3n) is 3.12. The van der Waals surface area contributed by atoms with Crippen molar-refractivity contribution in [2.75, 3.05) is 0 Å². The smallest absolute Gasteiger partial charge is 0.251 e. The van der Waals surface area contributed by atoms with Crippen LogP contribution in [-0.2, 0) is 6.54 Å². The molecule has 0 amide bonds. The molecule has 0 spiro atoms. The predicted molar refractivity (Wildman–Crippen MR) is 78.9 cm³/mol. The van der Waals surface area contributed by atoms with Gasteiger partial charge in [0.25, 0.3) is 5.56 Å². The molecule has 0 atom stereocenters. The van der Waals surface area contributed by atoms with E-state index in [1.165, 1.54) is 22.4 Å². The quantitative estimate of drug-likeness (QED) is 0.725. The van der Waals surface area contributed by atoms with Gasteiger partial charge in [-0.05, 0) is 28.6 Å². The minimum Gasteiger partial charge on any atom is -0.321 e. The van der Waals surface area contributed by atoms with Gasteiger partial charge in [-0.15, -0.1) is 0 Å². The van der Waals surface area contributed by atoms with Crippen molar-refractivity contribution in [3.63, 3.8) is 0 Å². The van der Waals surface area contributed by atoms with Gasteiger partial charge in [0.2, 0.25) is 0 Å². The summed E-state index contributed by atoms with van der Waals surface area (Å²) in [4.78, 5) is 13.8. The van der Waals surface area contributed by atoms with Gasteiger partial charge in [0.1, 0.15) is 0 Å². The first-order chi connectivity index (χ1) is 9.24. The highest BCUT2D eigenvalue weighted by Gasteiger charge is 2.01. The zero-order valence-electron chi connectivity index (χ0n) is 10.2. The average molecular weight is 268 g/mol. The fourth-order valence-electron chi connectivity index (χ4n) is 2.18. The molecule has 0 bridgehead atoms. The zero-order valence-corrected chi connectivity index (χ0v) is 11.0. The van der Waals surface area contributed by atoms with Crippen LogP contribution in [0.25, 0.3) is 10.8 Å². The molecular weight excluding hydrogens is 256 g/mol. The molecular formula is C15H12N2OS. The maximum absolute atomic E-state index is 11.2. The maximum atomic E-state index is 11.2. The standard InChI is InChI=1S/C15H12N2OS/c18-14-8-9-17(15(19)16-14)10-12-6-3-5-11-4-1-2-7-13(11)12/h1-9H,10H2,(H,16,18,19). The Hall–Kier alpha value is -2.20. The Morgan fingerprint density at radius 2 is 1.84 bits per heavy atom. The lowest BCUT2D eigenvalue weighted by molar-refractivity contribution is 0.749. The highest BCUT2D eigenvalue weighted by molar-refractivity contribution is 7.71. The second-order valence-electron chi connectivity index (χ2n) is 4.38. The van der Waals surface area contributed by atoms with Gasteiger partial charge in [-0.3, -0.25) is 9.78 Å². The van der Waals surface area contributed by atoms with Gasteiger partial charge in [-0.2, -0.15) is 0 Å². The molecule has 19 heavy (non-hydrogen) atoms. The number of fused-ring (bicyclic) bond motifs is 1. The SMILES string of the molecule is O=c1ccn(Cc2cccc3ccccc23)c(=S)[nH]1. The third kappa shape index (κ3) is 2.35. The molecule has 1 aromatic heterocycles. The molecule has 0 aliphatic carbocycles. The van der Waals surface area contributed by atoms with Gasteiger partial charge < -0.3 is 4.57 Å². The van der Waals surface area contributed by atoms with Crippen LogP contribution in [0.3, 0.4) is 0 Å². The van der Waals surface area contributed by atoms with E-state index in [2.05, 4.69) is 29.2 Å². The summed E-state index contributed by atoms with van der Waals surface area (Å²) in [5.41, 5.74) is 1.01. The van der Waals surface area contributed by atoms with Crippen molar-refractivity contribution in [3.05, 3.63) is 75.4 Å². The molecule has 3 aromatic rings. The molecule has 2 aromatic carbocycles. The van der Waals surface area contributed by atoms with Crippen molar-refractivity contribution in [2.45, 2.75) is 6.54 Å². The molecule has 3 nitrogen and oxygen atoms in total. The van der Waals surface area contributed by atoms with Crippen LogP contribution in [0.2, 0.25) is 0 Å². The number of benzene rings is 2. The Morgan fingerprint density at radius 3 is 2.68 bits per heavy atom. The molecule has 0 saturated heterocycles. The number of nitrogens with one attached hydrogen (secondary N) is 1. The largest absolute Gasteiger partial charge is 0.321 e. The summed E-state index contributed by atoms with van der Waals surface area (Å²) in [6.45, 7) is 0.650. The molecule has 94 valence electrons. The van der Waals surface area contributed by atoms with Crippen LogP contribution in [0, 0.1) is 4.77 Å². The van der Waals surface area contributed by atoms with Crippen LogP contribution in [-0.4, -0.2) is 9.55 Å². The van der Waals surface area contributed by atoms with E-state index in [0.717, 1.165) is 0 Å². The number of aromatic nitrogens is 2. The summed E-state index contributed by atoms with van der Waals surface area (Å²) in [5, 5.41) is 2.41. The van der Waals surface area contributed by atoms with Crippen molar-refractivity contribution < 1.29 is 0 Å². The van der Waals surface area contributed by atoms with E-state index in [1.54, 1.807) is 6.20 Å². The summed E-state index contributed by atoms with van der Waals surface area (Å²) in [6.07, 6.45) is 1.73. The van der Waals surface area contributed by atoms with Crippen LogP contribution < -0.4 is 5.56 Å².